The molecule has 1 aliphatic rings. The van der Waals surface area contributed by atoms with Crippen LogP contribution in [0.25, 0.3) is 0 Å². The smallest absolute Gasteiger partial charge is 0.337 e. The highest BCUT2D eigenvalue weighted by molar-refractivity contribution is 7.89. The Morgan fingerprint density at radius 2 is 2.14 bits per heavy atom. The van der Waals surface area contributed by atoms with Crippen molar-refractivity contribution in [1.82, 2.24) is 4.72 Å². The minimum atomic E-state index is -3.80. The molecule has 0 aromatic heterocycles. The van der Waals surface area contributed by atoms with E-state index in [1.807, 2.05) is 0 Å². The molecule has 0 heterocycles. The molecule has 0 atom stereocenters. The van der Waals surface area contributed by atoms with E-state index in [0.717, 1.165) is 25.3 Å². The minimum absolute atomic E-state index is 0.00574. The lowest BCUT2D eigenvalue weighted by atomic mass is 9.80. The lowest BCUT2D eigenvalue weighted by Crippen LogP contribution is -2.49. The summed E-state index contributed by atoms with van der Waals surface area (Å²) in [5, 5.41) is 8.97. The van der Waals surface area contributed by atoms with Gasteiger partial charge in [0.05, 0.1) is 21.1 Å². The van der Waals surface area contributed by atoms with Crippen molar-refractivity contribution in [3.8, 4) is 0 Å². The number of methoxy groups -OCH3 is 1. The number of nitrogens with one attached hydrogen (secondary N) is 1. The van der Waals surface area contributed by atoms with Crippen LogP contribution in [0.15, 0.2) is 23.1 Å². The van der Waals surface area contributed by atoms with Crippen LogP contribution in [0.4, 0.5) is 0 Å². The van der Waals surface area contributed by atoms with Gasteiger partial charge in [-0.1, -0.05) is 11.6 Å². The Bertz CT molecular complexity index is 649. The van der Waals surface area contributed by atoms with Crippen LogP contribution in [-0.2, 0) is 14.8 Å². The van der Waals surface area contributed by atoms with E-state index in [-0.39, 0.29) is 22.0 Å². The van der Waals surface area contributed by atoms with E-state index < -0.39 is 21.6 Å². The van der Waals surface area contributed by atoms with Gasteiger partial charge in [0, 0.05) is 13.7 Å². The Hall–Kier alpha value is -1.15. The Labute approximate surface area is 128 Å². The Morgan fingerprint density at radius 1 is 1.48 bits per heavy atom. The summed E-state index contributed by atoms with van der Waals surface area (Å²) in [7, 11) is -2.25. The highest BCUT2D eigenvalue weighted by Crippen LogP contribution is 2.34. The van der Waals surface area contributed by atoms with E-state index in [9.17, 15) is 13.2 Å². The summed E-state index contributed by atoms with van der Waals surface area (Å²) in [6, 6.07) is 3.58. The first kappa shape index (κ1) is 16.2. The largest absolute Gasteiger partial charge is 0.478 e. The lowest BCUT2D eigenvalue weighted by Gasteiger charge is -2.40. The van der Waals surface area contributed by atoms with Crippen molar-refractivity contribution in [2.24, 2.45) is 0 Å². The normalized spacial score (nSPS) is 17.2. The maximum atomic E-state index is 12.2. The summed E-state index contributed by atoms with van der Waals surface area (Å²) in [6.45, 7) is 0.164. The molecule has 0 saturated heterocycles. The van der Waals surface area contributed by atoms with Crippen LogP contribution < -0.4 is 4.72 Å². The topological polar surface area (TPSA) is 92.7 Å². The standard InChI is InChI=1S/C13H16ClNO5S/c1-20-13(5-2-6-13)8-15-21(18,19)9-3-4-11(14)10(7-9)12(16)17/h3-4,7,15H,2,5-6,8H2,1H3,(H,16,17). The Balaban J connectivity index is 2.20. The quantitative estimate of drug-likeness (QED) is 0.829. The van der Waals surface area contributed by atoms with Crippen LogP contribution in [-0.4, -0.2) is 38.7 Å². The molecule has 0 aliphatic heterocycles. The molecule has 0 amide bonds. The number of aromatic carboxylic acids is 1. The van der Waals surface area contributed by atoms with Gasteiger partial charge in [-0.15, -0.1) is 0 Å². The fourth-order valence-corrected chi connectivity index (χ4v) is 3.51. The fourth-order valence-electron chi connectivity index (χ4n) is 2.17. The third-order valence-electron chi connectivity index (χ3n) is 3.76. The third-order valence-corrected chi connectivity index (χ3v) is 5.49. The van der Waals surface area contributed by atoms with Gasteiger partial charge >= 0.3 is 5.97 Å². The van der Waals surface area contributed by atoms with Crippen LogP contribution in [0, 0.1) is 0 Å². The molecule has 0 spiro atoms. The number of carboxylic acids is 1. The molecule has 0 radical (unpaired) electrons. The van der Waals surface area contributed by atoms with Gasteiger partial charge < -0.3 is 9.84 Å². The van der Waals surface area contributed by atoms with Gasteiger partial charge in [-0.05, 0) is 37.5 Å². The van der Waals surface area contributed by atoms with E-state index in [0.29, 0.717) is 0 Å². The number of carboxylic acid groups (broad SMARTS) is 1. The van der Waals surface area contributed by atoms with Crippen molar-refractivity contribution in [1.29, 1.82) is 0 Å². The molecule has 1 fully saturated rings. The van der Waals surface area contributed by atoms with Crippen molar-refractivity contribution < 1.29 is 23.1 Å². The third kappa shape index (κ3) is 3.37. The predicted octanol–water partition coefficient (Wildman–Crippen LogP) is 1.89. The molecule has 1 aliphatic carbocycles. The van der Waals surface area contributed by atoms with Crippen LogP contribution >= 0.6 is 11.6 Å². The zero-order valence-electron chi connectivity index (χ0n) is 11.4. The number of halogens is 1. The van der Waals surface area contributed by atoms with Gasteiger partial charge in [0.15, 0.2) is 0 Å². The van der Waals surface area contributed by atoms with Crippen molar-refractivity contribution >= 4 is 27.6 Å². The summed E-state index contributed by atoms with van der Waals surface area (Å²) in [6.07, 6.45) is 2.60. The molecule has 2 rings (SSSR count). The van der Waals surface area contributed by atoms with Crippen LogP contribution in [0.2, 0.25) is 5.02 Å². The van der Waals surface area contributed by atoms with Crippen LogP contribution in [0.5, 0.6) is 0 Å². The van der Waals surface area contributed by atoms with Crippen LogP contribution in [0.1, 0.15) is 29.6 Å². The first-order valence-corrected chi connectivity index (χ1v) is 8.23. The van der Waals surface area contributed by atoms with Gasteiger partial charge in [-0.2, -0.15) is 0 Å². The summed E-state index contributed by atoms with van der Waals surface area (Å²) in [5.41, 5.74) is -0.695. The number of ether oxygens (including phenoxy) is 1. The van der Waals surface area contributed by atoms with Crippen molar-refractivity contribution in [3.63, 3.8) is 0 Å². The fraction of sp³-hybridized carbons (Fsp3) is 0.462. The molecule has 1 saturated carbocycles. The zero-order chi connectivity index (χ0) is 15.7. The van der Waals surface area contributed by atoms with Gasteiger partial charge in [-0.25, -0.2) is 17.9 Å². The molecule has 2 N–H and O–H groups in total. The van der Waals surface area contributed by atoms with E-state index in [1.54, 1.807) is 7.11 Å². The highest BCUT2D eigenvalue weighted by Gasteiger charge is 2.38. The lowest BCUT2D eigenvalue weighted by molar-refractivity contribution is -0.0659. The molecule has 1 aromatic rings. The molecule has 8 heteroatoms. The second-order valence-corrected chi connectivity index (χ2v) is 7.19. The molecule has 21 heavy (non-hydrogen) atoms. The Morgan fingerprint density at radius 3 is 2.62 bits per heavy atom. The Kier molecular flexibility index (Phi) is 4.57. The maximum absolute atomic E-state index is 12.2. The van der Waals surface area contributed by atoms with E-state index >= 15 is 0 Å². The zero-order valence-corrected chi connectivity index (χ0v) is 13.0. The van der Waals surface area contributed by atoms with Crippen molar-refractivity contribution in [3.05, 3.63) is 28.8 Å². The van der Waals surface area contributed by atoms with Gasteiger partial charge in [-0.3, -0.25) is 0 Å². The number of rotatable bonds is 6. The van der Waals surface area contributed by atoms with E-state index in [2.05, 4.69) is 4.72 Å². The molecule has 6 nitrogen and oxygen atoms in total. The average molecular weight is 334 g/mol. The first-order chi connectivity index (χ1) is 9.80. The van der Waals surface area contributed by atoms with E-state index in [1.165, 1.54) is 12.1 Å². The van der Waals surface area contributed by atoms with Crippen LogP contribution in [0.3, 0.4) is 0 Å². The number of carbonyl (C=O) groups is 1. The summed E-state index contributed by atoms with van der Waals surface area (Å²) in [4.78, 5) is 10.9. The number of hydrogen-bond donors (Lipinski definition) is 2. The first-order valence-electron chi connectivity index (χ1n) is 6.37. The molecule has 0 bridgehead atoms. The molecule has 0 unspecified atom stereocenters. The average Bonchev–Trinajstić information content (AvgIpc) is 2.37. The summed E-state index contributed by atoms with van der Waals surface area (Å²) >= 11 is 5.73. The summed E-state index contributed by atoms with van der Waals surface area (Å²) in [5.74, 6) is -1.27. The maximum Gasteiger partial charge on any atom is 0.337 e. The minimum Gasteiger partial charge on any atom is -0.478 e. The van der Waals surface area contributed by atoms with E-state index in [4.69, 9.17) is 21.4 Å². The van der Waals surface area contributed by atoms with Gasteiger partial charge in [0.1, 0.15) is 0 Å². The van der Waals surface area contributed by atoms with Gasteiger partial charge in [0.25, 0.3) is 0 Å². The number of hydrogen-bond acceptors (Lipinski definition) is 4. The second-order valence-electron chi connectivity index (χ2n) is 5.01. The number of sulfonamides is 1. The van der Waals surface area contributed by atoms with Crippen molar-refractivity contribution in [2.75, 3.05) is 13.7 Å². The molecular weight excluding hydrogens is 318 g/mol. The molecule has 1 aromatic carbocycles. The number of benzene rings is 1. The second kappa shape index (κ2) is 5.92. The molecular formula is C13H16ClNO5S. The van der Waals surface area contributed by atoms with Gasteiger partial charge in [0.2, 0.25) is 10.0 Å². The highest BCUT2D eigenvalue weighted by atomic mass is 35.5. The SMILES string of the molecule is COC1(CNS(=O)(=O)c2ccc(Cl)c(C(=O)O)c2)CCC1. The van der Waals surface area contributed by atoms with Crippen molar-refractivity contribution in [2.45, 2.75) is 29.8 Å². The molecule has 116 valence electrons. The summed E-state index contributed by atoms with van der Waals surface area (Å²) < 4.78 is 32.2. The predicted molar refractivity (Wildman–Crippen MR) is 77.2 cm³/mol. The monoisotopic (exact) mass is 333 g/mol.